The molecule has 2 aliphatic heterocycles. The molecule has 0 N–H and O–H groups in total. The molecule has 1 aromatic rings. The second kappa shape index (κ2) is 5.29. The Balaban J connectivity index is 1.85. The van der Waals surface area contributed by atoms with Gasteiger partial charge in [-0.15, -0.1) is 0 Å². The number of carbonyl (C=O) groups excluding carboxylic acids is 1. The zero-order valence-corrected chi connectivity index (χ0v) is 11.8. The molecular formula is C16H19NO3. The van der Waals surface area contributed by atoms with Crippen molar-refractivity contribution in [3.8, 4) is 0 Å². The van der Waals surface area contributed by atoms with Crippen molar-refractivity contribution in [2.75, 3.05) is 7.11 Å². The summed E-state index contributed by atoms with van der Waals surface area (Å²) in [6, 6.07) is 10.2. The van der Waals surface area contributed by atoms with Crippen LogP contribution in [-0.4, -0.2) is 30.3 Å². The van der Waals surface area contributed by atoms with Crippen molar-refractivity contribution >= 4 is 5.97 Å². The second-order valence-corrected chi connectivity index (χ2v) is 5.46. The lowest BCUT2D eigenvalue weighted by Gasteiger charge is -2.32. The fourth-order valence-electron chi connectivity index (χ4n) is 2.96. The van der Waals surface area contributed by atoms with Crippen LogP contribution in [0.25, 0.3) is 0 Å². The van der Waals surface area contributed by atoms with Crippen molar-refractivity contribution in [3.05, 3.63) is 47.7 Å². The zero-order chi connectivity index (χ0) is 14.1. The smallest absolute Gasteiger partial charge is 0.337 e. The van der Waals surface area contributed by atoms with Gasteiger partial charge in [0.05, 0.1) is 18.8 Å². The average molecular weight is 273 g/mol. The van der Waals surface area contributed by atoms with E-state index in [1.807, 2.05) is 24.4 Å². The molecule has 0 amide bonds. The Morgan fingerprint density at radius 2 is 2.15 bits per heavy atom. The van der Waals surface area contributed by atoms with E-state index in [1.54, 1.807) is 0 Å². The number of fused-ring (bicyclic) bond motifs is 2. The SMILES string of the molecule is COC(=O)C1=CN(Cc2ccccc2)[C@H]2C[C@H](C)[C@@H]1O2. The molecule has 0 saturated carbocycles. The molecule has 0 aliphatic carbocycles. The lowest BCUT2D eigenvalue weighted by atomic mass is 9.98. The molecule has 0 spiro atoms. The van der Waals surface area contributed by atoms with Gasteiger partial charge in [-0.1, -0.05) is 37.3 Å². The standard InChI is InChI=1S/C16H19NO3/c1-11-8-14-17(9-12-6-4-3-5-7-12)10-13(15(11)20-14)16(18)19-2/h3-7,10-11,14-15H,8-9H2,1-2H3/t11-,14+,15-/m0/s1. The number of rotatable bonds is 3. The third-order valence-corrected chi connectivity index (χ3v) is 4.00. The van der Waals surface area contributed by atoms with Crippen LogP contribution in [0, 0.1) is 5.92 Å². The largest absolute Gasteiger partial charge is 0.466 e. The normalized spacial score (nSPS) is 28.2. The van der Waals surface area contributed by atoms with Gasteiger partial charge in [0.2, 0.25) is 0 Å². The molecule has 2 heterocycles. The van der Waals surface area contributed by atoms with Gasteiger partial charge in [0.1, 0.15) is 6.23 Å². The van der Waals surface area contributed by atoms with E-state index in [2.05, 4.69) is 24.0 Å². The Hall–Kier alpha value is -1.81. The van der Waals surface area contributed by atoms with Crippen molar-refractivity contribution in [1.29, 1.82) is 0 Å². The van der Waals surface area contributed by atoms with Crippen molar-refractivity contribution < 1.29 is 14.3 Å². The van der Waals surface area contributed by atoms with Crippen LogP contribution in [0.15, 0.2) is 42.1 Å². The molecule has 0 aromatic heterocycles. The highest BCUT2D eigenvalue weighted by Gasteiger charge is 2.43. The summed E-state index contributed by atoms with van der Waals surface area (Å²) in [7, 11) is 1.41. The molecule has 4 nitrogen and oxygen atoms in total. The van der Waals surface area contributed by atoms with Gasteiger partial charge in [-0.3, -0.25) is 0 Å². The molecular weight excluding hydrogens is 254 g/mol. The predicted octanol–water partition coefficient (Wildman–Crippen LogP) is 2.31. The van der Waals surface area contributed by atoms with Gasteiger partial charge in [-0.05, 0) is 17.9 Å². The molecule has 2 bridgehead atoms. The highest BCUT2D eigenvalue weighted by molar-refractivity contribution is 5.89. The average Bonchev–Trinajstić information content (AvgIpc) is 2.80. The van der Waals surface area contributed by atoms with Crippen molar-refractivity contribution in [1.82, 2.24) is 4.90 Å². The summed E-state index contributed by atoms with van der Waals surface area (Å²) >= 11 is 0. The van der Waals surface area contributed by atoms with Crippen LogP contribution in [0.4, 0.5) is 0 Å². The van der Waals surface area contributed by atoms with Crippen LogP contribution >= 0.6 is 0 Å². The van der Waals surface area contributed by atoms with E-state index in [-0.39, 0.29) is 18.3 Å². The van der Waals surface area contributed by atoms with Crippen LogP contribution in [0.5, 0.6) is 0 Å². The van der Waals surface area contributed by atoms with E-state index in [0.717, 1.165) is 13.0 Å². The quantitative estimate of drug-likeness (QED) is 0.792. The minimum absolute atomic E-state index is 0.0589. The number of hydrogen-bond acceptors (Lipinski definition) is 4. The van der Waals surface area contributed by atoms with E-state index >= 15 is 0 Å². The molecule has 1 aromatic carbocycles. The highest BCUT2D eigenvalue weighted by Crippen LogP contribution is 2.38. The molecule has 0 unspecified atom stereocenters. The van der Waals surface area contributed by atoms with Crippen LogP contribution in [-0.2, 0) is 20.8 Å². The molecule has 106 valence electrons. The van der Waals surface area contributed by atoms with Crippen molar-refractivity contribution in [2.45, 2.75) is 32.2 Å². The Morgan fingerprint density at radius 3 is 2.85 bits per heavy atom. The van der Waals surface area contributed by atoms with Crippen molar-refractivity contribution in [3.63, 3.8) is 0 Å². The van der Waals surface area contributed by atoms with E-state index in [1.165, 1.54) is 12.7 Å². The number of benzene rings is 1. The fraction of sp³-hybridized carbons (Fsp3) is 0.438. The molecule has 1 fully saturated rings. The Morgan fingerprint density at radius 1 is 1.40 bits per heavy atom. The second-order valence-electron chi connectivity index (χ2n) is 5.46. The van der Waals surface area contributed by atoms with Crippen LogP contribution in [0.3, 0.4) is 0 Å². The summed E-state index contributed by atoms with van der Waals surface area (Å²) in [6.07, 6.45) is 2.79. The Kier molecular flexibility index (Phi) is 3.49. The molecule has 20 heavy (non-hydrogen) atoms. The van der Waals surface area contributed by atoms with Gasteiger partial charge in [0.15, 0.2) is 0 Å². The first-order chi connectivity index (χ1) is 9.69. The van der Waals surface area contributed by atoms with E-state index < -0.39 is 0 Å². The number of hydrogen-bond donors (Lipinski definition) is 0. The highest BCUT2D eigenvalue weighted by atomic mass is 16.5. The Labute approximate surface area is 119 Å². The first kappa shape index (κ1) is 13.2. The number of methoxy groups -OCH3 is 1. The van der Waals surface area contributed by atoms with Crippen LogP contribution in [0.2, 0.25) is 0 Å². The summed E-state index contributed by atoms with van der Waals surface area (Å²) in [4.78, 5) is 14.0. The molecule has 2 aliphatic rings. The van der Waals surface area contributed by atoms with Gasteiger partial charge in [0, 0.05) is 12.7 Å². The van der Waals surface area contributed by atoms with Crippen LogP contribution < -0.4 is 0 Å². The minimum Gasteiger partial charge on any atom is -0.466 e. The maximum absolute atomic E-state index is 11.9. The first-order valence-corrected chi connectivity index (χ1v) is 6.94. The molecule has 3 rings (SSSR count). The lowest BCUT2D eigenvalue weighted by molar-refractivity contribution is -0.139. The third kappa shape index (κ3) is 2.31. The van der Waals surface area contributed by atoms with E-state index in [4.69, 9.17) is 9.47 Å². The van der Waals surface area contributed by atoms with Crippen LogP contribution in [0.1, 0.15) is 18.9 Å². The molecule has 4 heteroatoms. The minimum atomic E-state index is -0.291. The Bertz CT molecular complexity index is 526. The van der Waals surface area contributed by atoms with Crippen molar-refractivity contribution in [2.24, 2.45) is 5.92 Å². The third-order valence-electron chi connectivity index (χ3n) is 4.00. The number of nitrogens with zero attached hydrogens (tertiary/aromatic N) is 1. The lowest BCUT2D eigenvalue weighted by Crippen LogP contribution is -2.37. The maximum Gasteiger partial charge on any atom is 0.337 e. The molecule has 0 radical (unpaired) electrons. The molecule has 1 saturated heterocycles. The first-order valence-electron chi connectivity index (χ1n) is 6.94. The topological polar surface area (TPSA) is 38.8 Å². The molecule has 3 atom stereocenters. The van der Waals surface area contributed by atoms with Gasteiger partial charge in [-0.2, -0.15) is 0 Å². The predicted molar refractivity (Wildman–Crippen MR) is 74.5 cm³/mol. The van der Waals surface area contributed by atoms with E-state index in [0.29, 0.717) is 11.5 Å². The summed E-state index contributed by atoms with van der Waals surface area (Å²) in [5.74, 6) is 0.0476. The number of ether oxygens (including phenoxy) is 2. The summed E-state index contributed by atoms with van der Waals surface area (Å²) in [5.41, 5.74) is 1.83. The van der Waals surface area contributed by atoms with E-state index in [9.17, 15) is 4.79 Å². The van der Waals surface area contributed by atoms with Gasteiger partial charge in [-0.25, -0.2) is 4.79 Å². The van der Waals surface area contributed by atoms with Gasteiger partial charge in [0.25, 0.3) is 0 Å². The fourth-order valence-corrected chi connectivity index (χ4v) is 2.96. The summed E-state index contributed by atoms with van der Waals surface area (Å²) in [6.45, 7) is 2.86. The summed E-state index contributed by atoms with van der Waals surface area (Å²) in [5, 5.41) is 0. The number of esters is 1. The monoisotopic (exact) mass is 273 g/mol. The van der Waals surface area contributed by atoms with Gasteiger partial charge >= 0.3 is 5.97 Å². The maximum atomic E-state index is 11.9. The van der Waals surface area contributed by atoms with Gasteiger partial charge < -0.3 is 14.4 Å². The summed E-state index contributed by atoms with van der Waals surface area (Å²) < 4.78 is 10.9. The number of carbonyl (C=O) groups is 1. The zero-order valence-electron chi connectivity index (χ0n) is 11.8.